The van der Waals surface area contributed by atoms with Crippen LogP contribution in [0.4, 0.5) is 4.39 Å². The number of nitrogens with zero attached hydrogens (tertiary/aromatic N) is 3. The zero-order chi connectivity index (χ0) is 12.6. The molecule has 0 aliphatic rings. The quantitative estimate of drug-likeness (QED) is 0.747. The van der Waals surface area contributed by atoms with Crippen molar-refractivity contribution in [3.05, 3.63) is 41.0 Å². The van der Waals surface area contributed by atoms with Crippen LogP contribution in [0.5, 0.6) is 0 Å². The maximum atomic E-state index is 13.0. The number of halogens is 1. The molecule has 17 heavy (non-hydrogen) atoms. The SMILES string of the molecule is CC(=O)c1nnn(-c2ccc(F)cc2C)c1C. The smallest absolute Gasteiger partial charge is 0.181 e. The molecular formula is C12H12FN3O. The lowest BCUT2D eigenvalue weighted by Gasteiger charge is -2.06. The van der Waals surface area contributed by atoms with E-state index < -0.39 is 0 Å². The minimum absolute atomic E-state index is 0.131. The Morgan fingerprint density at radius 1 is 1.35 bits per heavy atom. The number of ketones is 1. The topological polar surface area (TPSA) is 47.8 Å². The number of rotatable bonds is 2. The van der Waals surface area contributed by atoms with Gasteiger partial charge in [0.05, 0.1) is 11.4 Å². The first-order chi connectivity index (χ1) is 8.00. The monoisotopic (exact) mass is 233 g/mol. The molecule has 1 heterocycles. The van der Waals surface area contributed by atoms with Gasteiger partial charge in [-0.3, -0.25) is 4.79 Å². The lowest BCUT2D eigenvalue weighted by molar-refractivity contribution is 0.101. The fraction of sp³-hybridized carbons (Fsp3) is 0.250. The normalized spacial score (nSPS) is 10.6. The Kier molecular flexibility index (Phi) is 2.75. The molecule has 0 atom stereocenters. The largest absolute Gasteiger partial charge is 0.293 e. The molecule has 0 aliphatic heterocycles. The third kappa shape index (κ3) is 1.95. The second-order valence-corrected chi connectivity index (χ2v) is 3.92. The summed E-state index contributed by atoms with van der Waals surface area (Å²) < 4.78 is 14.5. The van der Waals surface area contributed by atoms with E-state index in [1.807, 2.05) is 0 Å². The molecule has 0 aliphatic carbocycles. The first-order valence-electron chi connectivity index (χ1n) is 5.20. The summed E-state index contributed by atoms with van der Waals surface area (Å²) in [7, 11) is 0. The predicted octanol–water partition coefficient (Wildman–Crippen LogP) is 2.23. The van der Waals surface area contributed by atoms with Gasteiger partial charge >= 0.3 is 0 Å². The van der Waals surface area contributed by atoms with Gasteiger partial charge < -0.3 is 0 Å². The molecule has 88 valence electrons. The highest BCUT2D eigenvalue weighted by Crippen LogP contribution is 2.17. The van der Waals surface area contributed by atoms with Gasteiger partial charge in [-0.05, 0) is 37.6 Å². The summed E-state index contributed by atoms with van der Waals surface area (Å²) in [4.78, 5) is 11.3. The maximum Gasteiger partial charge on any atom is 0.181 e. The number of hydrogen-bond donors (Lipinski definition) is 0. The van der Waals surface area contributed by atoms with Crippen LogP contribution in [0.2, 0.25) is 0 Å². The number of benzene rings is 1. The second-order valence-electron chi connectivity index (χ2n) is 3.92. The summed E-state index contributed by atoms with van der Waals surface area (Å²) in [6, 6.07) is 4.40. The Morgan fingerprint density at radius 3 is 2.59 bits per heavy atom. The van der Waals surface area contributed by atoms with Gasteiger partial charge in [0, 0.05) is 6.92 Å². The molecule has 5 heteroatoms. The first kappa shape index (κ1) is 11.4. The van der Waals surface area contributed by atoms with Crippen LogP contribution in [0.3, 0.4) is 0 Å². The zero-order valence-electron chi connectivity index (χ0n) is 9.86. The molecule has 2 aromatic rings. The Labute approximate surface area is 98.1 Å². The molecule has 1 aromatic heterocycles. The van der Waals surface area contributed by atoms with E-state index in [0.29, 0.717) is 11.4 Å². The molecule has 0 radical (unpaired) electrons. The third-order valence-corrected chi connectivity index (χ3v) is 2.62. The van der Waals surface area contributed by atoms with E-state index in [4.69, 9.17) is 0 Å². The molecule has 0 amide bonds. The molecule has 2 rings (SSSR count). The van der Waals surface area contributed by atoms with Gasteiger partial charge in [-0.25, -0.2) is 9.07 Å². The van der Waals surface area contributed by atoms with Crippen molar-refractivity contribution in [3.63, 3.8) is 0 Å². The second kappa shape index (κ2) is 4.08. The number of aryl methyl sites for hydroxylation is 1. The van der Waals surface area contributed by atoms with Gasteiger partial charge in [0.15, 0.2) is 11.5 Å². The number of carbonyl (C=O) groups excluding carboxylic acids is 1. The summed E-state index contributed by atoms with van der Waals surface area (Å²) in [5, 5.41) is 7.75. The van der Waals surface area contributed by atoms with Crippen LogP contribution < -0.4 is 0 Å². The minimum atomic E-state index is -0.296. The Balaban J connectivity index is 2.57. The van der Waals surface area contributed by atoms with Gasteiger partial charge in [0.25, 0.3) is 0 Å². The number of carbonyl (C=O) groups is 1. The molecule has 0 fully saturated rings. The van der Waals surface area contributed by atoms with Crippen LogP contribution in [0.15, 0.2) is 18.2 Å². The van der Waals surface area contributed by atoms with E-state index in [1.165, 1.54) is 19.1 Å². The molecule has 0 bridgehead atoms. The van der Waals surface area contributed by atoms with Crippen molar-refractivity contribution in [3.8, 4) is 5.69 Å². The summed E-state index contributed by atoms with van der Waals surface area (Å²) >= 11 is 0. The van der Waals surface area contributed by atoms with Crippen LogP contribution in [0.1, 0.15) is 28.7 Å². The van der Waals surface area contributed by atoms with Crippen molar-refractivity contribution in [1.29, 1.82) is 0 Å². The van der Waals surface area contributed by atoms with Gasteiger partial charge in [-0.2, -0.15) is 0 Å². The summed E-state index contributed by atoms with van der Waals surface area (Å²) in [5.41, 5.74) is 2.47. The van der Waals surface area contributed by atoms with Gasteiger partial charge in [-0.1, -0.05) is 5.21 Å². The lowest BCUT2D eigenvalue weighted by atomic mass is 10.2. The van der Waals surface area contributed by atoms with E-state index in [9.17, 15) is 9.18 Å². The van der Waals surface area contributed by atoms with Crippen molar-refractivity contribution in [1.82, 2.24) is 15.0 Å². The van der Waals surface area contributed by atoms with E-state index in [2.05, 4.69) is 10.3 Å². The molecular weight excluding hydrogens is 221 g/mol. The number of hydrogen-bond acceptors (Lipinski definition) is 3. The molecule has 4 nitrogen and oxygen atoms in total. The van der Waals surface area contributed by atoms with Gasteiger partial charge in [-0.15, -0.1) is 5.10 Å². The van der Waals surface area contributed by atoms with Crippen LogP contribution >= 0.6 is 0 Å². The summed E-state index contributed by atoms with van der Waals surface area (Å²) in [6.45, 7) is 4.99. The van der Waals surface area contributed by atoms with E-state index in [0.717, 1.165) is 11.3 Å². The van der Waals surface area contributed by atoms with E-state index >= 15 is 0 Å². The molecule has 0 unspecified atom stereocenters. The van der Waals surface area contributed by atoms with E-state index in [-0.39, 0.29) is 11.6 Å². The van der Waals surface area contributed by atoms with Crippen molar-refractivity contribution >= 4 is 5.78 Å². The highest BCUT2D eigenvalue weighted by atomic mass is 19.1. The fourth-order valence-corrected chi connectivity index (χ4v) is 1.74. The number of aromatic nitrogens is 3. The van der Waals surface area contributed by atoms with Gasteiger partial charge in [0.2, 0.25) is 0 Å². The average molecular weight is 233 g/mol. The van der Waals surface area contributed by atoms with Crippen LogP contribution in [-0.4, -0.2) is 20.8 Å². The first-order valence-corrected chi connectivity index (χ1v) is 5.20. The lowest BCUT2D eigenvalue weighted by Crippen LogP contribution is -2.03. The summed E-state index contributed by atoms with van der Waals surface area (Å²) in [6.07, 6.45) is 0. The van der Waals surface area contributed by atoms with Crippen LogP contribution in [-0.2, 0) is 0 Å². The zero-order valence-corrected chi connectivity index (χ0v) is 9.86. The van der Waals surface area contributed by atoms with Crippen LogP contribution in [0.25, 0.3) is 5.69 Å². The van der Waals surface area contributed by atoms with E-state index in [1.54, 1.807) is 24.6 Å². The predicted molar refractivity (Wildman–Crippen MR) is 60.8 cm³/mol. The Bertz CT molecular complexity index is 589. The summed E-state index contributed by atoms with van der Waals surface area (Å²) in [5.74, 6) is -0.427. The molecule has 1 aromatic carbocycles. The highest BCUT2D eigenvalue weighted by molar-refractivity contribution is 5.93. The Hall–Kier alpha value is -2.04. The molecule has 0 N–H and O–H groups in total. The maximum absolute atomic E-state index is 13.0. The Morgan fingerprint density at radius 2 is 2.06 bits per heavy atom. The average Bonchev–Trinajstić information content (AvgIpc) is 2.60. The molecule has 0 saturated heterocycles. The van der Waals surface area contributed by atoms with Gasteiger partial charge in [0.1, 0.15) is 5.82 Å². The third-order valence-electron chi connectivity index (χ3n) is 2.62. The molecule has 0 saturated carbocycles. The minimum Gasteiger partial charge on any atom is -0.293 e. The highest BCUT2D eigenvalue weighted by Gasteiger charge is 2.14. The fourth-order valence-electron chi connectivity index (χ4n) is 1.74. The van der Waals surface area contributed by atoms with Crippen molar-refractivity contribution in [2.75, 3.05) is 0 Å². The van der Waals surface area contributed by atoms with Crippen molar-refractivity contribution in [2.24, 2.45) is 0 Å². The molecule has 0 spiro atoms. The standard InChI is InChI=1S/C12H12FN3O/c1-7-6-10(13)4-5-11(7)16-8(2)12(9(3)17)14-15-16/h4-6H,1-3H3. The van der Waals surface area contributed by atoms with Crippen LogP contribution in [0, 0.1) is 19.7 Å². The van der Waals surface area contributed by atoms with Crippen molar-refractivity contribution < 1.29 is 9.18 Å². The van der Waals surface area contributed by atoms with Crippen molar-refractivity contribution in [2.45, 2.75) is 20.8 Å². The number of Topliss-reactive ketones (excluding diaryl/α,β-unsaturated/α-hetero) is 1.